The first-order chi connectivity index (χ1) is 7.32. The van der Waals surface area contributed by atoms with Crippen molar-refractivity contribution in [1.82, 2.24) is 0 Å². The average Bonchev–Trinajstić information content (AvgIpc) is 2.13. The fourth-order valence-electron chi connectivity index (χ4n) is 1.15. The van der Waals surface area contributed by atoms with Gasteiger partial charge in [-0.2, -0.15) is 0 Å². The van der Waals surface area contributed by atoms with Crippen LogP contribution in [0.5, 0.6) is 0 Å². The molecule has 0 aliphatic carbocycles. The molecule has 0 bridgehead atoms. The maximum absolute atomic E-state index is 11.4. The molecule has 0 radical (unpaired) electrons. The van der Waals surface area contributed by atoms with Gasteiger partial charge in [0.1, 0.15) is 0 Å². The highest BCUT2D eigenvalue weighted by atomic mass is 79.9. The van der Waals surface area contributed by atoms with Gasteiger partial charge in [-0.3, -0.25) is 4.31 Å². The van der Waals surface area contributed by atoms with Gasteiger partial charge in [0.25, 0.3) is 0 Å². The highest BCUT2D eigenvalue weighted by Crippen LogP contribution is 2.27. The quantitative estimate of drug-likeness (QED) is 0.782. The van der Waals surface area contributed by atoms with E-state index >= 15 is 0 Å². The van der Waals surface area contributed by atoms with Gasteiger partial charge in [-0.25, -0.2) is 8.42 Å². The van der Waals surface area contributed by atoms with Crippen LogP contribution in [-0.2, 0) is 14.8 Å². The summed E-state index contributed by atoms with van der Waals surface area (Å²) in [6.07, 6.45) is 0.940. The van der Waals surface area contributed by atoms with E-state index in [1.807, 2.05) is 0 Å². The van der Waals surface area contributed by atoms with Gasteiger partial charge in [0.05, 0.1) is 24.5 Å². The fraction of sp³-hybridized carbons (Fsp3) is 0.222. The van der Waals surface area contributed by atoms with Crippen molar-refractivity contribution in [1.29, 1.82) is 0 Å². The van der Waals surface area contributed by atoms with Crippen molar-refractivity contribution in [2.24, 2.45) is 0 Å². The maximum atomic E-state index is 11.4. The van der Waals surface area contributed by atoms with Gasteiger partial charge in [-0.05, 0) is 28.1 Å². The van der Waals surface area contributed by atoms with Crippen molar-refractivity contribution in [3.05, 3.63) is 28.7 Å². The van der Waals surface area contributed by atoms with Crippen LogP contribution in [0.1, 0.15) is 0 Å². The van der Waals surface area contributed by atoms with Crippen LogP contribution in [-0.4, -0.2) is 27.2 Å². The first-order valence-corrected chi connectivity index (χ1v) is 6.88. The van der Waals surface area contributed by atoms with E-state index in [0.29, 0.717) is 4.47 Å². The number of hydrogen-bond acceptors (Lipinski definition) is 4. The van der Waals surface area contributed by atoms with Gasteiger partial charge in [0, 0.05) is 4.47 Å². The van der Waals surface area contributed by atoms with Crippen molar-refractivity contribution >= 4 is 37.6 Å². The zero-order valence-electron chi connectivity index (χ0n) is 8.38. The maximum Gasteiger partial charge on any atom is 0.232 e. The number of carbonyl (C=O) groups is 1. The van der Waals surface area contributed by atoms with E-state index in [4.69, 9.17) is 0 Å². The summed E-state index contributed by atoms with van der Waals surface area (Å²) in [4.78, 5) is 10.5. The van der Waals surface area contributed by atoms with E-state index in [0.717, 1.165) is 10.6 Å². The number of carbonyl (C=O) groups excluding carboxylic acids is 1. The molecule has 0 unspecified atom stereocenters. The second kappa shape index (κ2) is 4.84. The molecular weight excluding hydrogens is 298 g/mol. The molecule has 0 atom stereocenters. The molecule has 0 saturated carbocycles. The van der Waals surface area contributed by atoms with Gasteiger partial charge in [-0.15, -0.1) is 0 Å². The molecule has 0 aromatic heterocycles. The number of anilines is 1. The zero-order chi connectivity index (χ0) is 12.3. The first kappa shape index (κ1) is 13.0. The molecule has 0 aliphatic rings. The van der Waals surface area contributed by atoms with E-state index < -0.39 is 22.5 Å². The van der Waals surface area contributed by atoms with Crippen LogP contribution in [0.15, 0.2) is 28.7 Å². The van der Waals surface area contributed by atoms with Gasteiger partial charge in [0.15, 0.2) is 0 Å². The van der Waals surface area contributed by atoms with E-state index in [1.54, 1.807) is 18.2 Å². The number of benzene rings is 1. The number of halogens is 1. The second-order valence-corrected chi connectivity index (χ2v) is 5.85. The molecule has 7 heteroatoms. The minimum atomic E-state index is -3.65. The molecule has 16 heavy (non-hydrogen) atoms. The van der Waals surface area contributed by atoms with E-state index in [9.17, 15) is 18.3 Å². The number of sulfonamides is 1. The number of hydrogen-bond donors (Lipinski definition) is 0. The molecule has 0 amide bonds. The number of carboxylic acid groups (broad SMARTS) is 1. The number of para-hydroxylation sites is 1. The summed E-state index contributed by atoms with van der Waals surface area (Å²) in [5.74, 6) is -1.46. The Hall–Kier alpha value is -1.08. The minimum absolute atomic E-state index is 0.272. The molecular formula is C9H9BrNO4S-. The normalized spacial score (nSPS) is 11.1. The predicted molar refractivity (Wildman–Crippen MR) is 61.3 cm³/mol. The molecule has 5 nitrogen and oxygen atoms in total. The average molecular weight is 307 g/mol. The van der Waals surface area contributed by atoms with Crippen molar-refractivity contribution < 1.29 is 18.3 Å². The summed E-state index contributed by atoms with van der Waals surface area (Å²) in [6, 6.07) is 6.46. The smallest absolute Gasteiger partial charge is 0.232 e. The summed E-state index contributed by atoms with van der Waals surface area (Å²) >= 11 is 3.16. The number of rotatable bonds is 4. The van der Waals surface area contributed by atoms with Crippen LogP contribution < -0.4 is 9.41 Å². The molecule has 1 rings (SSSR count). The van der Waals surface area contributed by atoms with Crippen LogP contribution in [0.25, 0.3) is 0 Å². The summed E-state index contributed by atoms with van der Waals surface area (Å²) in [5.41, 5.74) is 0.272. The van der Waals surface area contributed by atoms with E-state index in [-0.39, 0.29) is 5.69 Å². The van der Waals surface area contributed by atoms with Crippen molar-refractivity contribution in [2.45, 2.75) is 0 Å². The lowest BCUT2D eigenvalue weighted by atomic mass is 10.3. The molecule has 0 saturated heterocycles. The summed E-state index contributed by atoms with van der Waals surface area (Å²) in [6.45, 7) is -0.707. The Balaban J connectivity index is 3.22. The summed E-state index contributed by atoms with van der Waals surface area (Å²) in [7, 11) is -3.65. The summed E-state index contributed by atoms with van der Waals surface area (Å²) < 4.78 is 24.1. The number of aliphatic carboxylic acids is 1. The van der Waals surface area contributed by atoms with Crippen LogP contribution in [0.4, 0.5) is 5.69 Å². The van der Waals surface area contributed by atoms with Crippen LogP contribution in [0, 0.1) is 0 Å². The highest BCUT2D eigenvalue weighted by Gasteiger charge is 2.19. The lowest BCUT2D eigenvalue weighted by Gasteiger charge is -2.23. The van der Waals surface area contributed by atoms with Gasteiger partial charge < -0.3 is 9.90 Å². The highest BCUT2D eigenvalue weighted by molar-refractivity contribution is 9.10. The molecule has 1 aromatic carbocycles. The Morgan fingerprint density at radius 3 is 2.44 bits per heavy atom. The molecule has 0 fully saturated rings. The fourth-order valence-corrected chi connectivity index (χ4v) is 2.62. The van der Waals surface area contributed by atoms with Crippen LogP contribution in [0.2, 0.25) is 0 Å². The molecule has 0 N–H and O–H groups in total. The Bertz CT molecular complexity index is 500. The predicted octanol–water partition coefficient (Wildman–Crippen LogP) is -0.0350. The van der Waals surface area contributed by atoms with Crippen molar-refractivity contribution in [3.63, 3.8) is 0 Å². The summed E-state index contributed by atoms with van der Waals surface area (Å²) in [5, 5.41) is 10.5. The minimum Gasteiger partial charge on any atom is -0.548 e. The molecule has 1 aromatic rings. The Kier molecular flexibility index (Phi) is 3.93. The van der Waals surface area contributed by atoms with Crippen molar-refractivity contribution in [3.8, 4) is 0 Å². The van der Waals surface area contributed by atoms with Gasteiger partial charge in [-0.1, -0.05) is 12.1 Å². The standard InChI is InChI=1S/C9H10BrNO4S/c1-16(14,15)11(6-9(12)13)8-5-3-2-4-7(8)10/h2-5H,6H2,1H3,(H,12,13)/p-1. The van der Waals surface area contributed by atoms with E-state index in [1.165, 1.54) is 6.07 Å². The molecule has 88 valence electrons. The van der Waals surface area contributed by atoms with Gasteiger partial charge >= 0.3 is 0 Å². The third-order valence-electron chi connectivity index (χ3n) is 1.79. The van der Waals surface area contributed by atoms with Gasteiger partial charge in [0.2, 0.25) is 10.0 Å². The lowest BCUT2D eigenvalue weighted by molar-refractivity contribution is -0.303. The topological polar surface area (TPSA) is 77.5 Å². The SMILES string of the molecule is CS(=O)(=O)N(CC(=O)[O-])c1ccccc1Br. The largest absolute Gasteiger partial charge is 0.548 e. The third kappa shape index (κ3) is 3.21. The lowest BCUT2D eigenvalue weighted by Crippen LogP contribution is -2.41. The monoisotopic (exact) mass is 306 g/mol. The second-order valence-electron chi connectivity index (χ2n) is 3.09. The molecule has 0 aliphatic heterocycles. The Morgan fingerprint density at radius 1 is 1.44 bits per heavy atom. The van der Waals surface area contributed by atoms with Crippen molar-refractivity contribution in [2.75, 3.05) is 17.1 Å². The Labute approximate surface area is 102 Å². The van der Waals surface area contributed by atoms with E-state index in [2.05, 4.69) is 15.9 Å². The number of carboxylic acids is 1. The first-order valence-electron chi connectivity index (χ1n) is 4.24. The Morgan fingerprint density at radius 2 is 2.00 bits per heavy atom. The number of nitrogens with zero attached hydrogens (tertiary/aromatic N) is 1. The zero-order valence-corrected chi connectivity index (χ0v) is 10.8. The third-order valence-corrected chi connectivity index (χ3v) is 3.59. The molecule has 0 heterocycles. The molecule has 0 spiro atoms. The van der Waals surface area contributed by atoms with Crippen LogP contribution >= 0.6 is 15.9 Å². The van der Waals surface area contributed by atoms with Crippen LogP contribution in [0.3, 0.4) is 0 Å².